The molecular weight excluding hydrogens is 276 g/mol. The summed E-state index contributed by atoms with van der Waals surface area (Å²) >= 11 is 3.65. The van der Waals surface area contributed by atoms with E-state index in [1.54, 1.807) is 0 Å². The van der Waals surface area contributed by atoms with Crippen LogP contribution >= 0.6 is 15.9 Å². The van der Waals surface area contributed by atoms with Gasteiger partial charge in [0.1, 0.15) is 0 Å². The predicted octanol–water partition coefficient (Wildman–Crippen LogP) is 2.97. The second-order valence-corrected chi connectivity index (χ2v) is 6.52. The fourth-order valence-corrected chi connectivity index (χ4v) is 3.95. The summed E-state index contributed by atoms with van der Waals surface area (Å²) in [6, 6.07) is 1.60. The molecule has 0 aromatic heterocycles. The maximum Gasteiger partial charge on any atom is 0.0223 e. The van der Waals surface area contributed by atoms with Crippen LogP contribution in [0.2, 0.25) is 0 Å². The molecule has 0 aromatic carbocycles. The second kappa shape index (κ2) is 6.53. The Balaban J connectivity index is 1.90. The molecule has 0 radical (unpaired) electrons. The van der Waals surface area contributed by atoms with E-state index in [2.05, 4.69) is 39.6 Å². The molecule has 0 saturated carbocycles. The normalized spacial score (nSPS) is 33.4. The Labute approximate surface area is 115 Å². The lowest BCUT2D eigenvalue weighted by Crippen LogP contribution is -2.59. The van der Waals surface area contributed by atoms with E-state index >= 15 is 0 Å². The zero-order chi connectivity index (χ0) is 12.3. The Morgan fingerprint density at radius 2 is 2.12 bits per heavy atom. The largest absolute Gasteiger partial charge is 0.298 e. The Bertz CT molecular complexity index is 230. The van der Waals surface area contributed by atoms with Gasteiger partial charge in [0.05, 0.1) is 0 Å². The molecule has 0 aliphatic carbocycles. The molecule has 2 aliphatic heterocycles. The number of nitrogens with zero attached hydrogens (tertiary/aromatic N) is 2. The van der Waals surface area contributed by atoms with Gasteiger partial charge in [-0.25, -0.2) is 0 Å². The minimum atomic E-state index is 0.748. The van der Waals surface area contributed by atoms with E-state index in [9.17, 15) is 0 Å². The van der Waals surface area contributed by atoms with Gasteiger partial charge >= 0.3 is 0 Å². The lowest BCUT2D eigenvalue weighted by molar-refractivity contribution is 0.00902. The third kappa shape index (κ3) is 3.45. The van der Waals surface area contributed by atoms with Crippen molar-refractivity contribution in [2.24, 2.45) is 5.92 Å². The number of alkyl halides is 1. The summed E-state index contributed by atoms with van der Waals surface area (Å²) < 4.78 is 0. The first kappa shape index (κ1) is 13.8. The number of halogens is 1. The van der Waals surface area contributed by atoms with Gasteiger partial charge in [-0.15, -0.1) is 0 Å². The van der Waals surface area contributed by atoms with Gasteiger partial charge in [-0.2, -0.15) is 0 Å². The van der Waals surface area contributed by atoms with Crippen molar-refractivity contribution < 1.29 is 0 Å². The van der Waals surface area contributed by atoms with Crippen molar-refractivity contribution in [1.29, 1.82) is 0 Å². The van der Waals surface area contributed by atoms with Gasteiger partial charge in [-0.05, 0) is 32.2 Å². The molecule has 0 spiro atoms. The van der Waals surface area contributed by atoms with Crippen molar-refractivity contribution in [2.75, 3.05) is 31.5 Å². The molecule has 3 heteroatoms. The third-order valence-electron chi connectivity index (χ3n) is 4.60. The maximum atomic E-state index is 3.65. The molecular formula is C14H27BrN2. The Kier molecular flexibility index (Phi) is 5.31. The second-order valence-electron chi connectivity index (χ2n) is 5.88. The van der Waals surface area contributed by atoms with Crippen LogP contribution in [0.4, 0.5) is 0 Å². The molecule has 0 amide bonds. The van der Waals surface area contributed by atoms with Crippen molar-refractivity contribution in [3.8, 4) is 0 Å². The average molecular weight is 303 g/mol. The molecule has 2 heterocycles. The van der Waals surface area contributed by atoms with Crippen LogP contribution in [-0.4, -0.2) is 53.4 Å². The highest BCUT2D eigenvalue weighted by Crippen LogP contribution is 2.25. The molecule has 0 bridgehead atoms. The first-order valence-corrected chi connectivity index (χ1v) is 8.40. The van der Waals surface area contributed by atoms with Crippen LogP contribution in [0.1, 0.15) is 39.5 Å². The molecule has 0 N–H and O–H groups in total. The van der Waals surface area contributed by atoms with Crippen molar-refractivity contribution in [3.05, 3.63) is 0 Å². The number of piperazine rings is 1. The summed E-state index contributed by atoms with van der Waals surface area (Å²) in [5, 5.41) is 1.15. The van der Waals surface area contributed by atoms with Crippen LogP contribution in [0.15, 0.2) is 0 Å². The summed E-state index contributed by atoms with van der Waals surface area (Å²) in [5.74, 6) is 0.826. The van der Waals surface area contributed by atoms with Crippen molar-refractivity contribution in [1.82, 2.24) is 9.80 Å². The van der Waals surface area contributed by atoms with E-state index in [0.29, 0.717) is 0 Å². The van der Waals surface area contributed by atoms with Gasteiger partial charge in [0.25, 0.3) is 0 Å². The first-order chi connectivity index (χ1) is 8.24. The summed E-state index contributed by atoms with van der Waals surface area (Å²) in [6.07, 6.45) is 5.58. The standard InChI is InChI=1S/C14H27BrN2/c1-3-13(8-15)10-17-11-14-6-4-5-7-16(14)9-12(17)2/h12-14H,3-11H2,1-2H3. The number of hydrogen-bond donors (Lipinski definition) is 0. The van der Waals surface area contributed by atoms with E-state index < -0.39 is 0 Å². The number of hydrogen-bond acceptors (Lipinski definition) is 2. The molecule has 2 saturated heterocycles. The van der Waals surface area contributed by atoms with E-state index in [4.69, 9.17) is 0 Å². The van der Waals surface area contributed by atoms with Crippen LogP contribution in [-0.2, 0) is 0 Å². The molecule has 17 heavy (non-hydrogen) atoms. The fourth-order valence-electron chi connectivity index (χ4n) is 3.29. The smallest absolute Gasteiger partial charge is 0.0223 e. The quantitative estimate of drug-likeness (QED) is 0.737. The molecule has 3 atom stereocenters. The Morgan fingerprint density at radius 3 is 2.82 bits per heavy atom. The highest BCUT2D eigenvalue weighted by molar-refractivity contribution is 9.09. The summed E-state index contributed by atoms with van der Waals surface area (Å²) in [4.78, 5) is 5.47. The minimum Gasteiger partial charge on any atom is -0.298 e. The summed E-state index contributed by atoms with van der Waals surface area (Å²) in [7, 11) is 0. The monoisotopic (exact) mass is 302 g/mol. The van der Waals surface area contributed by atoms with E-state index in [-0.39, 0.29) is 0 Å². The highest BCUT2D eigenvalue weighted by Gasteiger charge is 2.33. The molecule has 0 aromatic rings. The predicted molar refractivity (Wildman–Crippen MR) is 77.8 cm³/mol. The van der Waals surface area contributed by atoms with Gasteiger partial charge in [0.15, 0.2) is 0 Å². The minimum absolute atomic E-state index is 0.748. The van der Waals surface area contributed by atoms with Crippen molar-refractivity contribution in [3.63, 3.8) is 0 Å². The van der Waals surface area contributed by atoms with Crippen molar-refractivity contribution >= 4 is 15.9 Å². The van der Waals surface area contributed by atoms with Gasteiger partial charge in [0, 0.05) is 37.0 Å². The third-order valence-corrected chi connectivity index (χ3v) is 5.52. The zero-order valence-electron chi connectivity index (χ0n) is 11.4. The average Bonchev–Trinajstić information content (AvgIpc) is 2.36. The van der Waals surface area contributed by atoms with Crippen LogP contribution in [0.25, 0.3) is 0 Å². The van der Waals surface area contributed by atoms with Crippen LogP contribution < -0.4 is 0 Å². The number of piperidine rings is 1. The van der Waals surface area contributed by atoms with Gasteiger partial charge < -0.3 is 0 Å². The first-order valence-electron chi connectivity index (χ1n) is 7.28. The Morgan fingerprint density at radius 1 is 1.29 bits per heavy atom. The van der Waals surface area contributed by atoms with Crippen LogP contribution in [0, 0.1) is 5.92 Å². The topological polar surface area (TPSA) is 6.48 Å². The van der Waals surface area contributed by atoms with E-state index in [0.717, 1.165) is 23.3 Å². The molecule has 2 nitrogen and oxygen atoms in total. The highest BCUT2D eigenvalue weighted by atomic mass is 79.9. The summed E-state index contributed by atoms with van der Waals surface area (Å²) in [5.41, 5.74) is 0. The van der Waals surface area contributed by atoms with E-state index in [1.807, 2.05) is 0 Å². The molecule has 100 valence electrons. The van der Waals surface area contributed by atoms with Gasteiger partial charge in [-0.3, -0.25) is 9.80 Å². The van der Waals surface area contributed by atoms with E-state index in [1.165, 1.54) is 51.9 Å². The molecule has 2 aliphatic rings. The van der Waals surface area contributed by atoms with Gasteiger partial charge in [0.2, 0.25) is 0 Å². The summed E-state index contributed by atoms with van der Waals surface area (Å²) in [6.45, 7) is 9.96. The lowest BCUT2D eigenvalue weighted by atomic mass is 9.96. The van der Waals surface area contributed by atoms with Crippen molar-refractivity contribution in [2.45, 2.75) is 51.6 Å². The number of rotatable bonds is 4. The Hall–Kier alpha value is 0.400. The van der Waals surface area contributed by atoms with Crippen LogP contribution in [0.5, 0.6) is 0 Å². The maximum absolute atomic E-state index is 3.65. The zero-order valence-corrected chi connectivity index (χ0v) is 13.0. The SMILES string of the molecule is CCC(CBr)CN1CC2CCCCN2CC1C. The number of fused-ring (bicyclic) bond motifs is 1. The molecule has 2 rings (SSSR count). The molecule has 3 unspecified atom stereocenters. The lowest BCUT2D eigenvalue weighted by Gasteiger charge is -2.48. The fraction of sp³-hybridized carbons (Fsp3) is 1.00. The van der Waals surface area contributed by atoms with Gasteiger partial charge in [-0.1, -0.05) is 35.7 Å². The molecule has 2 fully saturated rings. The van der Waals surface area contributed by atoms with Crippen LogP contribution in [0.3, 0.4) is 0 Å².